The van der Waals surface area contributed by atoms with E-state index in [0.29, 0.717) is 22.9 Å². The van der Waals surface area contributed by atoms with Gasteiger partial charge in [0.15, 0.2) is 0 Å². The summed E-state index contributed by atoms with van der Waals surface area (Å²) in [5.41, 5.74) is 2.96. The molecule has 0 radical (unpaired) electrons. The quantitative estimate of drug-likeness (QED) is 0.502. The largest absolute Gasteiger partial charge is 0.339 e. The summed E-state index contributed by atoms with van der Waals surface area (Å²) >= 11 is 9.42. The van der Waals surface area contributed by atoms with Gasteiger partial charge in [-0.1, -0.05) is 38.8 Å². The van der Waals surface area contributed by atoms with E-state index in [1.165, 1.54) is 0 Å². The zero-order valence-electron chi connectivity index (χ0n) is 13.7. The van der Waals surface area contributed by atoms with Crippen molar-refractivity contribution in [1.82, 2.24) is 15.1 Å². The fraction of sp³-hybridized carbons (Fsp3) is 0.105. The van der Waals surface area contributed by atoms with Gasteiger partial charge in [-0.15, -0.1) is 0 Å². The van der Waals surface area contributed by atoms with Gasteiger partial charge in [-0.2, -0.15) is 4.98 Å². The first kappa shape index (κ1) is 17.0. The molecule has 0 saturated heterocycles. The number of nitrogens with zero attached hydrogens (tertiary/aromatic N) is 2. The molecular formula is C19H13BrClN3O2. The summed E-state index contributed by atoms with van der Waals surface area (Å²) in [7, 11) is 0. The van der Waals surface area contributed by atoms with Gasteiger partial charge in [-0.25, -0.2) is 0 Å². The summed E-state index contributed by atoms with van der Waals surface area (Å²) in [6.07, 6.45) is 0.479. The van der Waals surface area contributed by atoms with Gasteiger partial charge >= 0.3 is 0 Å². The number of rotatable bonds is 3. The SMILES string of the molecule is Cc1cc(Cl)ccc1Cc1nc(-c2cc3cc(Br)ccc3[nH]c2=O)no1. The number of benzene rings is 2. The first-order chi connectivity index (χ1) is 12.5. The number of nitrogens with one attached hydrogen (secondary N) is 1. The van der Waals surface area contributed by atoms with E-state index in [9.17, 15) is 4.79 Å². The standard InChI is InChI=1S/C19H13BrClN3O2/c1-10-6-14(21)4-2-11(10)9-17-23-18(24-26-17)15-8-12-7-13(20)3-5-16(12)22-19(15)25/h2-8H,9H2,1H3,(H,22,25). The summed E-state index contributed by atoms with van der Waals surface area (Å²) in [5, 5.41) is 5.55. The monoisotopic (exact) mass is 429 g/mol. The van der Waals surface area contributed by atoms with Crippen LogP contribution in [0.4, 0.5) is 0 Å². The molecule has 1 N–H and O–H groups in total. The Balaban J connectivity index is 1.70. The van der Waals surface area contributed by atoms with E-state index >= 15 is 0 Å². The molecule has 2 heterocycles. The Labute approximate surface area is 162 Å². The number of aromatic amines is 1. The minimum atomic E-state index is -0.255. The summed E-state index contributed by atoms with van der Waals surface area (Å²) < 4.78 is 6.27. The Morgan fingerprint density at radius 2 is 2.04 bits per heavy atom. The molecule has 0 bridgehead atoms. The second kappa shape index (κ2) is 6.70. The number of hydrogen-bond acceptors (Lipinski definition) is 4. The maximum Gasteiger partial charge on any atom is 0.259 e. The van der Waals surface area contributed by atoms with Crippen LogP contribution in [0.2, 0.25) is 5.02 Å². The van der Waals surface area contributed by atoms with Crippen molar-refractivity contribution >= 4 is 38.4 Å². The van der Waals surface area contributed by atoms with Crippen LogP contribution in [0.15, 0.2) is 56.3 Å². The molecule has 2 aromatic carbocycles. The molecule has 7 heteroatoms. The Morgan fingerprint density at radius 1 is 1.19 bits per heavy atom. The van der Waals surface area contributed by atoms with Crippen molar-refractivity contribution in [2.75, 3.05) is 0 Å². The van der Waals surface area contributed by atoms with Crippen molar-refractivity contribution in [3.05, 3.63) is 79.3 Å². The highest BCUT2D eigenvalue weighted by Gasteiger charge is 2.14. The average molecular weight is 431 g/mol. The minimum absolute atomic E-state index is 0.255. The van der Waals surface area contributed by atoms with Crippen LogP contribution in [0.3, 0.4) is 0 Å². The van der Waals surface area contributed by atoms with Crippen molar-refractivity contribution in [3.63, 3.8) is 0 Å². The lowest BCUT2D eigenvalue weighted by Gasteiger charge is -2.02. The molecule has 4 rings (SSSR count). The van der Waals surface area contributed by atoms with Gasteiger partial charge in [0.25, 0.3) is 5.56 Å². The van der Waals surface area contributed by atoms with Crippen LogP contribution in [0, 0.1) is 6.92 Å². The van der Waals surface area contributed by atoms with E-state index < -0.39 is 0 Å². The van der Waals surface area contributed by atoms with Gasteiger partial charge in [-0.05, 0) is 54.4 Å². The third kappa shape index (κ3) is 3.30. The van der Waals surface area contributed by atoms with E-state index in [0.717, 1.165) is 26.5 Å². The second-order valence-corrected chi connectivity index (χ2v) is 7.36. The molecule has 2 aromatic heterocycles. The lowest BCUT2D eigenvalue weighted by Crippen LogP contribution is -2.09. The first-order valence-corrected chi connectivity index (χ1v) is 9.07. The third-order valence-corrected chi connectivity index (χ3v) is 4.89. The maximum absolute atomic E-state index is 12.4. The van der Waals surface area contributed by atoms with E-state index in [-0.39, 0.29) is 11.4 Å². The molecule has 0 fully saturated rings. The number of hydrogen-bond donors (Lipinski definition) is 1. The molecule has 4 aromatic rings. The van der Waals surface area contributed by atoms with Gasteiger partial charge in [0.1, 0.15) is 0 Å². The highest BCUT2D eigenvalue weighted by atomic mass is 79.9. The molecule has 5 nitrogen and oxygen atoms in total. The Morgan fingerprint density at radius 3 is 2.85 bits per heavy atom. The van der Waals surface area contributed by atoms with E-state index in [1.54, 1.807) is 6.07 Å². The van der Waals surface area contributed by atoms with Crippen molar-refractivity contribution in [1.29, 1.82) is 0 Å². The van der Waals surface area contributed by atoms with Crippen LogP contribution < -0.4 is 5.56 Å². The van der Waals surface area contributed by atoms with Crippen LogP contribution in [0.1, 0.15) is 17.0 Å². The Kier molecular flexibility index (Phi) is 4.38. The number of halogens is 2. The fourth-order valence-corrected chi connectivity index (χ4v) is 3.41. The molecular weight excluding hydrogens is 418 g/mol. The Bertz CT molecular complexity index is 1180. The van der Waals surface area contributed by atoms with Crippen molar-refractivity contribution in [3.8, 4) is 11.4 Å². The zero-order chi connectivity index (χ0) is 18.3. The Hall–Kier alpha value is -2.44. The smallest absolute Gasteiger partial charge is 0.259 e. The van der Waals surface area contributed by atoms with Gasteiger partial charge in [-0.3, -0.25) is 4.79 Å². The first-order valence-electron chi connectivity index (χ1n) is 7.90. The number of fused-ring (bicyclic) bond motifs is 1. The molecule has 0 amide bonds. The van der Waals surface area contributed by atoms with Crippen LogP contribution in [0.25, 0.3) is 22.3 Å². The highest BCUT2D eigenvalue weighted by molar-refractivity contribution is 9.10. The third-order valence-electron chi connectivity index (χ3n) is 4.16. The van der Waals surface area contributed by atoms with Crippen LogP contribution in [-0.4, -0.2) is 15.1 Å². The molecule has 0 atom stereocenters. The number of aryl methyl sites for hydroxylation is 1. The fourth-order valence-electron chi connectivity index (χ4n) is 2.80. The van der Waals surface area contributed by atoms with E-state index in [1.807, 2.05) is 43.3 Å². The van der Waals surface area contributed by atoms with E-state index in [2.05, 4.69) is 31.1 Å². The lowest BCUT2D eigenvalue weighted by molar-refractivity contribution is 0.385. The minimum Gasteiger partial charge on any atom is -0.339 e. The zero-order valence-corrected chi connectivity index (χ0v) is 16.1. The van der Waals surface area contributed by atoms with Crippen LogP contribution >= 0.6 is 27.5 Å². The normalized spacial score (nSPS) is 11.2. The van der Waals surface area contributed by atoms with Crippen molar-refractivity contribution in [2.45, 2.75) is 13.3 Å². The number of H-pyrrole nitrogens is 1. The molecule has 0 spiro atoms. The molecule has 0 aliphatic carbocycles. The number of aromatic nitrogens is 3. The molecule has 130 valence electrons. The van der Waals surface area contributed by atoms with Gasteiger partial charge < -0.3 is 9.51 Å². The van der Waals surface area contributed by atoms with Crippen molar-refractivity contribution < 1.29 is 4.52 Å². The topological polar surface area (TPSA) is 71.8 Å². The summed E-state index contributed by atoms with van der Waals surface area (Å²) in [6, 6.07) is 13.1. The predicted octanol–water partition coefficient (Wildman–Crippen LogP) is 4.89. The van der Waals surface area contributed by atoms with Crippen LogP contribution in [-0.2, 0) is 6.42 Å². The number of pyridine rings is 1. The van der Waals surface area contributed by atoms with Gasteiger partial charge in [0.2, 0.25) is 11.7 Å². The van der Waals surface area contributed by atoms with E-state index in [4.69, 9.17) is 16.1 Å². The van der Waals surface area contributed by atoms with Crippen LogP contribution in [0.5, 0.6) is 0 Å². The highest BCUT2D eigenvalue weighted by Crippen LogP contribution is 2.22. The van der Waals surface area contributed by atoms with Crippen molar-refractivity contribution in [2.24, 2.45) is 0 Å². The van der Waals surface area contributed by atoms with Gasteiger partial charge in [0, 0.05) is 20.4 Å². The summed E-state index contributed by atoms with van der Waals surface area (Å²) in [6.45, 7) is 1.98. The summed E-state index contributed by atoms with van der Waals surface area (Å²) in [5.74, 6) is 0.717. The molecule has 26 heavy (non-hydrogen) atoms. The maximum atomic E-state index is 12.4. The predicted molar refractivity (Wildman–Crippen MR) is 105 cm³/mol. The molecule has 0 aliphatic rings. The molecule has 0 saturated carbocycles. The molecule has 0 aliphatic heterocycles. The summed E-state index contributed by atoms with van der Waals surface area (Å²) in [4.78, 5) is 19.6. The van der Waals surface area contributed by atoms with Gasteiger partial charge in [0.05, 0.1) is 12.0 Å². The molecule has 0 unspecified atom stereocenters. The second-order valence-electron chi connectivity index (χ2n) is 6.00. The lowest BCUT2D eigenvalue weighted by atomic mass is 10.1. The average Bonchev–Trinajstić information content (AvgIpc) is 3.05.